The zero-order chi connectivity index (χ0) is 25.4. The third kappa shape index (κ3) is 7.64. The summed E-state index contributed by atoms with van der Waals surface area (Å²) in [5, 5.41) is 3.84. The van der Waals surface area contributed by atoms with Crippen LogP contribution in [0.3, 0.4) is 0 Å². The summed E-state index contributed by atoms with van der Waals surface area (Å²) in [4.78, 5) is 40.5. The number of carbonyl (C=O) groups excluding carboxylic acids is 3. The van der Waals surface area contributed by atoms with Gasteiger partial charge in [-0.15, -0.1) is 11.8 Å². The zero-order valence-corrected chi connectivity index (χ0v) is 22.7. The van der Waals surface area contributed by atoms with Gasteiger partial charge in [-0.2, -0.15) is 0 Å². The fourth-order valence-electron chi connectivity index (χ4n) is 4.86. The Balaban J connectivity index is 1.52. The monoisotopic (exact) mass is 540 g/mol. The highest BCUT2D eigenvalue weighted by Gasteiger charge is 2.31. The molecule has 35 heavy (non-hydrogen) atoms. The minimum Gasteiger partial charge on any atom is -0.467 e. The average molecular weight is 542 g/mol. The minimum absolute atomic E-state index is 0.130. The van der Waals surface area contributed by atoms with Gasteiger partial charge in [0, 0.05) is 30.0 Å². The topological polar surface area (TPSA) is 75.7 Å². The first-order valence-corrected chi connectivity index (χ1v) is 14.2. The van der Waals surface area contributed by atoms with E-state index < -0.39 is 6.04 Å². The number of ether oxygens (including phenoxy) is 1. The molecule has 0 bridgehead atoms. The number of carbonyl (C=O) groups is 3. The van der Waals surface area contributed by atoms with Gasteiger partial charge in [-0.25, -0.2) is 4.79 Å². The second-order valence-corrected chi connectivity index (χ2v) is 10.8. The van der Waals surface area contributed by atoms with Gasteiger partial charge in [-0.1, -0.05) is 61.4 Å². The lowest BCUT2D eigenvalue weighted by atomic mass is 9.84. The molecule has 0 radical (unpaired) electrons. The number of nitrogens with one attached hydrogen (secondary N) is 1. The molecule has 2 aliphatic rings. The second-order valence-electron chi connectivity index (χ2n) is 9.24. The Morgan fingerprint density at radius 3 is 2.43 bits per heavy atom. The molecule has 3 rings (SSSR count). The van der Waals surface area contributed by atoms with Gasteiger partial charge in [0.1, 0.15) is 6.04 Å². The Kier molecular flexibility index (Phi) is 10.8. The Hall–Kier alpha value is -1.70. The van der Waals surface area contributed by atoms with Crippen LogP contribution in [0.1, 0.15) is 56.9 Å². The molecule has 1 unspecified atom stereocenters. The average Bonchev–Trinajstić information content (AvgIpc) is 2.89. The minimum atomic E-state index is -0.604. The number of hydrogen-bond donors (Lipinski definition) is 1. The van der Waals surface area contributed by atoms with Gasteiger partial charge in [-0.05, 0) is 49.1 Å². The Morgan fingerprint density at radius 1 is 1.11 bits per heavy atom. The summed E-state index contributed by atoms with van der Waals surface area (Å²) in [7, 11) is 1.36. The van der Waals surface area contributed by atoms with E-state index in [0.29, 0.717) is 53.9 Å². The molecule has 1 N–H and O–H groups in total. The third-order valence-electron chi connectivity index (χ3n) is 6.98. The van der Waals surface area contributed by atoms with Gasteiger partial charge in [0.2, 0.25) is 11.8 Å². The lowest BCUT2D eigenvalue weighted by Crippen LogP contribution is -2.48. The highest BCUT2D eigenvalue weighted by atomic mass is 35.5. The molecule has 1 aromatic carbocycles. The van der Waals surface area contributed by atoms with Crippen molar-refractivity contribution < 1.29 is 19.1 Å². The number of rotatable bonds is 8. The van der Waals surface area contributed by atoms with Crippen molar-refractivity contribution >= 4 is 58.8 Å². The van der Waals surface area contributed by atoms with Crippen molar-refractivity contribution in [3.05, 3.63) is 33.8 Å². The van der Waals surface area contributed by atoms with E-state index in [4.69, 9.17) is 27.9 Å². The smallest absolute Gasteiger partial charge is 0.328 e. The van der Waals surface area contributed by atoms with Crippen molar-refractivity contribution in [1.82, 2.24) is 10.2 Å². The molecule has 1 saturated heterocycles. The summed E-state index contributed by atoms with van der Waals surface area (Å²) in [6.45, 7) is 0.958. The first-order valence-electron chi connectivity index (χ1n) is 12.2. The third-order valence-corrected chi connectivity index (χ3v) is 8.76. The molecule has 1 atom stereocenters. The molecule has 1 aromatic rings. The van der Waals surface area contributed by atoms with Crippen molar-refractivity contribution in [3.63, 3.8) is 0 Å². The lowest BCUT2D eigenvalue weighted by Gasteiger charge is -2.32. The molecule has 2 fully saturated rings. The highest BCUT2D eigenvalue weighted by molar-refractivity contribution is 7.98. The zero-order valence-electron chi connectivity index (χ0n) is 20.4. The largest absolute Gasteiger partial charge is 0.467 e. The van der Waals surface area contributed by atoms with Crippen molar-refractivity contribution in [2.45, 2.75) is 62.3 Å². The number of hydrogen-bond acceptors (Lipinski definition) is 5. The maximum Gasteiger partial charge on any atom is 0.328 e. The fourth-order valence-corrected chi connectivity index (χ4v) is 6.04. The SMILES string of the molecule is COC(=O)C(CC1CCCCC1)NC(=O)C1CCN(C(=O)/C=C/c2ccc(SC)c(Cl)c2Cl)CC1. The van der Waals surface area contributed by atoms with E-state index in [-0.39, 0.29) is 23.7 Å². The van der Waals surface area contributed by atoms with Gasteiger partial charge in [0.15, 0.2) is 0 Å². The van der Waals surface area contributed by atoms with Gasteiger partial charge < -0.3 is 15.0 Å². The Labute approximate surface area is 222 Å². The number of benzene rings is 1. The van der Waals surface area contributed by atoms with Gasteiger partial charge in [-0.3, -0.25) is 9.59 Å². The standard InChI is InChI=1S/C26H34Cl2N2O4S/c1-34-26(33)20(16-17-6-4-3-5-7-17)29-25(32)19-12-14-30(15-13-19)22(31)11-9-18-8-10-21(35-2)24(28)23(18)27/h8-11,17,19-20H,3-7,12-16H2,1-2H3,(H,29,32)/b11-9+. The summed E-state index contributed by atoms with van der Waals surface area (Å²) >= 11 is 14.1. The van der Waals surface area contributed by atoms with Gasteiger partial charge in [0.25, 0.3) is 0 Å². The maximum absolute atomic E-state index is 12.9. The van der Waals surface area contributed by atoms with Gasteiger partial charge in [0.05, 0.1) is 17.2 Å². The molecule has 9 heteroatoms. The second kappa shape index (κ2) is 13.6. The molecule has 0 aromatic heterocycles. The summed E-state index contributed by atoms with van der Waals surface area (Å²) < 4.78 is 4.95. The fraction of sp³-hybridized carbons (Fsp3) is 0.577. The van der Waals surface area contributed by atoms with Crippen LogP contribution in [-0.2, 0) is 19.1 Å². The van der Waals surface area contributed by atoms with E-state index in [1.807, 2.05) is 18.4 Å². The van der Waals surface area contributed by atoms with Crippen LogP contribution in [0, 0.1) is 11.8 Å². The number of nitrogens with zero attached hydrogens (tertiary/aromatic N) is 1. The quantitative estimate of drug-likeness (QED) is 0.264. The molecular formula is C26H34Cl2N2O4S. The molecule has 1 heterocycles. The van der Waals surface area contributed by atoms with Crippen LogP contribution in [-0.4, -0.2) is 55.2 Å². The van der Waals surface area contributed by atoms with Crippen LogP contribution in [0.2, 0.25) is 10.0 Å². The van der Waals surface area contributed by atoms with E-state index in [2.05, 4.69) is 5.32 Å². The van der Waals surface area contributed by atoms with Crippen molar-refractivity contribution in [3.8, 4) is 0 Å². The highest BCUT2D eigenvalue weighted by Crippen LogP contribution is 2.35. The number of thioether (sulfide) groups is 1. The predicted octanol–water partition coefficient (Wildman–Crippen LogP) is 5.60. The first-order chi connectivity index (χ1) is 16.8. The molecular weight excluding hydrogens is 507 g/mol. The van der Waals surface area contributed by atoms with Crippen molar-refractivity contribution in [1.29, 1.82) is 0 Å². The van der Waals surface area contributed by atoms with Crippen LogP contribution >= 0.6 is 35.0 Å². The summed E-state index contributed by atoms with van der Waals surface area (Å²) in [5.74, 6) is -0.427. The van der Waals surface area contributed by atoms with E-state index >= 15 is 0 Å². The van der Waals surface area contributed by atoms with E-state index in [1.165, 1.54) is 44.2 Å². The molecule has 1 aliphatic heterocycles. The summed E-state index contributed by atoms with van der Waals surface area (Å²) in [5.41, 5.74) is 0.684. The summed E-state index contributed by atoms with van der Waals surface area (Å²) in [6, 6.07) is 3.11. The maximum atomic E-state index is 12.9. The van der Waals surface area contributed by atoms with E-state index in [1.54, 1.807) is 11.0 Å². The Bertz CT molecular complexity index is 942. The first kappa shape index (κ1) is 27.9. The number of likely N-dealkylation sites (tertiary alicyclic amines) is 1. The molecule has 1 saturated carbocycles. The van der Waals surface area contributed by atoms with Crippen LogP contribution in [0.5, 0.6) is 0 Å². The number of esters is 1. The molecule has 6 nitrogen and oxygen atoms in total. The van der Waals surface area contributed by atoms with Crippen LogP contribution < -0.4 is 5.32 Å². The predicted molar refractivity (Wildman–Crippen MR) is 142 cm³/mol. The number of methoxy groups -OCH3 is 1. The number of halogens is 2. The van der Waals surface area contributed by atoms with E-state index in [0.717, 1.165) is 17.7 Å². The Morgan fingerprint density at radius 2 is 1.80 bits per heavy atom. The molecule has 1 aliphatic carbocycles. The normalized spacial score (nSPS) is 18.5. The van der Waals surface area contributed by atoms with Crippen LogP contribution in [0.15, 0.2) is 23.1 Å². The van der Waals surface area contributed by atoms with Crippen LogP contribution in [0.25, 0.3) is 6.08 Å². The van der Waals surface area contributed by atoms with Crippen molar-refractivity contribution in [2.24, 2.45) is 11.8 Å². The molecule has 0 spiro atoms. The molecule has 2 amide bonds. The molecule has 192 valence electrons. The van der Waals surface area contributed by atoms with Gasteiger partial charge >= 0.3 is 5.97 Å². The van der Waals surface area contributed by atoms with Crippen LogP contribution in [0.4, 0.5) is 0 Å². The van der Waals surface area contributed by atoms with E-state index in [9.17, 15) is 14.4 Å². The number of amides is 2. The summed E-state index contributed by atoms with van der Waals surface area (Å²) in [6.07, 6.45) is 12.6. The van der Waals surface area contributed by atoms with Crippen molar-refractivity contribution in [2.75, 3.05) is 26.5 Å². The number of piperidine rings is 1. The lowest BCUT2D eigenvalue weighted by molar-refractivity contribution is -0.146.